The second kappa shape index (κ2) is 10.9. The summed E-state index contributed by atoms with van der Waals surface area (Å²) < 4.78 is 24.9. The fraction of sp³-hybridized carbons (Fsp3) is 0.115. The van der Waals surface area contributed by atoms with Crippen LogP contribution in [0.2, 0.25) is 0 Å². The van der Waals surface area contributed by atoms with Crippen LogP contribution in [0.5, 0.6) is 11.5 Å². The van der Waals surface area contributed by atoms with Crippen LogP contribution in [0.25, 0.3) is 6.08 Å². The molecule has 1 aliphatic rings. The summed E-state index contributed by atoms with van der Waals surface area (Å²) in [4.78, 5) is 38.5. The van der Waals surface area contributed by atoms with Gasteiger partial charge in [0.15, 0.2) is 11.5 Å². The third-order valence-corrected chi connectivity index (χ3v) is 5.97. The predicted octanol–water partition coefficient (Wildman–Crippen LogP) is 5.09. The smallest absolute Gasteiger partial charge is 0.294 e. The minimum atomic E-state index is -0.554. The lowest BCUT2D eigenvalue weighted by molar-refractivity contribution is -0.127. The molecule has 3 amide bonds. The lowest BCUT2D eigenvalue weighted by Gasteiger charge is -2.13. The van der Waals surface area contributed by atoms with Crippen LogP contribution in [0, 0.1) is 5.82 Å². The maximum absolute atomic E-state index is 13.8. The molecule has 0 bridgehead atoms. The third kappa shape index (κ3) is 5.88. The topological polar surface area (TPSA) is 84.9 Å². The van der Waals surface area contributed by atoms with Gasteiger partial charge in [0.2, 0.25) is 5.91 Å². The SMILES string of the molecule is COc1cc(/C=C2/SC(=O)N(CC(=O)Nc3ccccc3)C2=O)ccc1OCc1ccccc1F. The van der Waals surface area contributed by atoms with Gasteiger partial charge in [0, 0.05) is 11.3 Å². The van der Waals surface area contributed by atoms with Crippen molar-refractivity contribution in [3.05, 3.63) is 94.6 Å². The molecule has 178 valence electrons. The first kappa shape index (κ1) is 24.0. The molecule has 1 fully saturated rings. The van der Waals surface area contributed by atoms with Gasteiger partial charge < -0.3 is 14.8 Å². The number of carbonyl (C=O) groups is 3. The molecule has 0 saturated carbocycles. The molecule has 0 aromatic heterocycles. The molecule has 3 aromatic carbocycles. The first-order valence-corrected chi connectivity index (χ1v) is 11.4. The van der Waals surface area contributed by atoms with Crippen molar-refractivity contribution < 1.29 is 28.2 Å². The van der Waals surface area contributed by atoms with Gasteiger partial charge >= 0.3 is 0 Å². The maximum Gasteiger partial charge on any atom is 0.294 e. The highest BCUT2D eigenvalue weighted by molar-refractivity contribution is 8.18. The quantitative estimate of drug-likeness (QED) is 0.441. The summed E-state index contributed by atoms with van der Waals surface area (Å²) in [7, 11) is 1.47. The normalized spacial score (nSPS) is 14.3. The Morgan fingerprint density at radius 1 is 1.03 bits per heavy atom. The number of rotatable bonds is 8. The zero-order valence-corrected chi connectivity index (χ0v) is 19.5. The van der Waals surface area contributed by atoms with Gasteiger partial charge in [0.25, 0.3) is 11.1 Å². The third-order valence-electron chi connectivity index (χ3n) is 5.06. The van der Waals surface area contributed by atoms with Crippen LogP contribution in [0.3, 0.4) is 0 Å². The molecule has 1 saturated heterocycles. The van der Waals surface area contributed by atoms with E-state index in [0.717, 1.165) is 16.7 Å². The molecule has 0 unspecified atom stereocenters. The van der Waals surface area contributed by atoms with E-state index >= 15 is 0 Å². The number of thioether (sulfide) groups is 1. The van der Waals surface area contributed by atoms with Gasteiger partial charge in [-0.2, -0.15) is 0 Å². The standard InChI is InChI=1S/C26H21FN2O5S/c1-33-22-13-17(11-12-21(22)34-16-18-7-5-6-10-20(18)27)14-23-25(31)29(26(32)35-23)15-24(30)28-19-8-3-2-4-9-19/h2-14H,15-16H2,1H3,(H,28,30)/b23-14+. The largest absolute Gasteiger partial charge is 0.493 e. The summed E-state index contributed by atoms with van der Waals surface area (Å²) in [6.45, 7) is -0.366. The fourth-order valence-corrected chi connectivity index (χ4v) is 4.16. The average molecular weight is 493 g/mol. The van der Waals surface area contributed by atoms with E-state index in [2.05, 4.69) is 5.32 Å². The monoisotopic (exact) mass is 492 g/mol. The van der Waals surface area contributed by atoms with Gasteiger partial charge in [0.05, 0.1) is 12.0 Å². The Morgan fingerprint density at radius 3 is 2.51 bits per heavy atom. The van der Waals surface area contributed by atoms with Gasteiger partial charge in [-0.05, 0) is 53.7 Å². The number of anilines is 1. The lowest BCUT2D eigenvalue weighted by atomic mass is 10.1. The summed E-state index contributed by atoms with van der Waals surface area (Å²) in [6, 6.07) is 20.1. The number of benzene rings is 3. The predicted molar refractivity (Wildman–Crippen MR) is 131 cm³/mol. The van der Waals surface area contributed by atoms with Crippen LogP contribution >= 0.6 is 11.8 Å². The Labute approximate surface area is 205 Å². The second-order valence-electron chi connectivity index (χ2n) is 7.47. The van der Waals surface area contributed by atoms with Gasteiger partial charge in [-0.25, -0.2) is 4.39 Å². The molecule has 1 N–H and O–H groups in total. The Morgan fingerprint density at radius 2 is 1.77 bits per heavy atom. The van der Waals surface area contributed by atoms with E-state index < -0.39 is 17.1 Å². The molecule has 1 aliphatic heterocycles. The first-order valence-electron chi connectivity index (χ1n) is 10.6. The van der Waals surface area contributed by atoms with Crippen LogP contribution in [0.4, 0.5) is 14.9 Å². The number of methoxy groups -OCH3 is 1. The number of imide groups is 1. The highest BCUT2D eigenvalue weighted by atomic mass is 32.2. The van der Waals surface area contributed by atoms with Crippen LogP contribution < -0.4 is 14.8 Å². The zero-order chi connectivity index (χ0) is 24.8. The molecule has 0 aliphatic carbocycles. The second-order valence-corrected chi connectivity index (χ2v) is 8.47. The van der Waals surface area contributed by atoms with E-state index in [9.17, 15) is 18.8 Å². The van der Waals surface area contributed by atoms with Crippen molar-refractivity contribution in [3.63, 3.8) is 0 Å². The van der Waals surface area contributed by atoms with Crippen LogP contribution in [-0.4, -0.2) is 35.6 Å². The molecule has 0 atom stereocenters. The minimum Gasteiger partial charge on any atom is -0.493 e. The Balaban J connectivity index is 1.44. The number of hydrogen-bond donors (Lipinski definition) is 1. The fourth-order valence-electron chi connectivity index (χ4n) is 3.32. The number of nitrogens with one attached hydrogen (secondary N) is 1. The zero-order valence-electron chi connectivity index (χ0n) is 18.7. The number of ether oxygens (including phenoxy) is 2. The number of carbonyl (C=O) groups excluding carboxylic acids is 3. The summed E-state index contributed by atoms with van der Waals surface area (Å²) in [5, 5.41) is 2.13. The van der Waals surface area contributed by atoms with Crippen molar-refractivity contribution in [2.75, 3.05) is 19.0 Å². The van der Waals surface area contributed by atoms with Crippen LogP contribution in [0.1, 0.15) is 11.1 Å². The highest BCUT2D eigenvalue weighted by Gasteiger charge is 2.36. The van der Waals surface area contributed by atoms with Crippen LogP contribution in [-0.2, 0) is 16.2 Å². The first-order chi connectivity index (χ1) is 16.9. The van der Waals surface area contributed by atoms with Gasteiger partial charge in [-0.15, -0.1) is 0 Å². The number of nitrogens with zero attached hydrogens (tertiary/aromatic N) is 1. The lowest BCUT2D eigenvalue weighted by Crippen LogP contribution is -2.36. The molecule has 0 radical (unpaired) electrons. The van der Waals surface area contributed by atoms with Crippen molar-refractivity contribution in [2.24, 2.45) is 0 Å². The Hall–Kier alpha value is -4.11. The minimum absolute atomic E-state index is 0.0202. The van der Waals surface area contributed by atoms with Gasteiger partial charge in [0.1, 0.15) is 19.0 Å². The number of halogens is 1. The van der Waals surface area contributed by atoms with E-state index in [-0.39, 0.29) is 23.9 Å². The molecule has 7 nitrogen and oxygen atoms in total. The number of hydrogen-bond acceptors (Lipinski definition) is 6. The van der Waals surface area contributed by atoms with Crippen molar-refractivity contribution >= 4 is 40.6 Å². The molecule has 0 spiro atoms. The van der Waals surface area contributed by atoms with Crippen molar-refractivity contribution in [2.45, 2.75) is 6.61 Å². The molecule has 35 heavy (non-hydrogen) atoms. The Kier molecular flexibility index (Phi) is 7.47. The van der Waals surface area contributed by atoms with E-state index in [1.165, 1.54) is 13.2 Å². The van der Waals surface area contributed by atoms with Crippen LogP contribution in [0.15, 0.2) is 77.7 Å². The Bertz CT molecular complexity index is 1300. The summed E-state index contributed by atoms with van der Waals surface area (Å²) in [5.41, 5.74) is 1.58. The highest BCUT2D eigenvalue weighted by Crippen LogP contribution is 2.34. The maximum atomic E-state index is 13.8. The van der Waals surface area contributed by atoms with E-state index in [0.29, 0.717) is 28.3 Å². The molecule has 4 rings (SSSR count). The van der Waals surface area contributed by atoms with Gasteiger partial charge in [-0.1, -0.05) is 42.5 Å². The van der Waals surface area contributed by atoms with E-state index in [4.69, 9.17) is 9.47 Å². The summed E-state index contributed by atoms with van der Waals surface area (Å²) >= 11 is 0.757. The van der Waals surface area contributed by atoms with E-state index in [1.54, 1.807) is 66.7 Å². The number of amides is 3. The molecule has 1 heterocycles. The van der Waals surface area contributed by atoms with Crippen molar-refractivity contribution in [1.29, 1.82) is 0 Å². The van der Waals surface area contributed by atoms with Gasteiger partial charge in [-0.3, -0.25) is 19.3 Å². The average Bonchev–Trinajstić information content (AvgIpc) is 3.11. The molecular formula is C26H21FN2O5S. The number of para-hydroxylation sites is 1. The summed E-state index contributed by atoms with van der Waals surface area (Å²) in [6.07, 6.45) is 1.54. The molecule has 9 heteroatoms. The van der Waals surface area contributed by atoms with Crippen molar-refractivity contribution in [3.8, 4) is 11.5 Å². The molecular weight excluding hydrogens is 471 g/mol. The van der Waals surface area contributed by atoms with E-state index in [1.807, 2.05) is 6.07 Å². The summed E-state index contributed by atoms with van der Waals surface area (Å²) in [5.74, 6) is -0.605. The molecule has 3 aromatic rings. The van der Waals surface area contributed by atoms with Crippen molar-refractivity contribution in [1.82, 2.24) is 4.90 Å².